The van der Waals surface area contributed by atoms with Gasteiger partial charge in [0.1, 0.15) is 17.3 Å². The lowest BCUT2D eigenvalue weighted by Gasteiger charge is -2.08. The van der Waals surface area contributed by atoms with Crippen molar-refractivity contribution in [2.24, 2.45) is 0 Å². The van der Waals surface area contributed by atoms with Crippen LogP contribution >= 0.6 is 0 Å². The fourth-order valence-corrected chi connectivity index (χ4v) is 1.58. The average molecular weight is 232 g/mol. The first-order valence-corrected chi connectivity index (χ1v) is 5.33. The van der Waals surface area contributed by atoms with Crippen LogP contribution in [0.25, 0.3) is 0 Å². The Hall–Kier alpha value is -1.87. The maximum Gasteiger partial charge on any atom is 0.130 e. The molecule has 0 aromatic heterocycles. The maximum absolute atomic E-state index is 13.0. The summed E-state index contributed by atoms with van der Waals surface area (Å²) in [6, 6.07) is 11.4. The van der Waals surface area contributed by atoms with E-state index in [2.05, 4.69) is 0 Å². The molecule has 88 valence electrons. The van der Waals surface area contributed by atoms with Crippen molar-refractivity contribution in [1.82, 2.24) is 0 Å². The number of rotatable bonds is 3. The lowest BCUT2D eigenvalue weighted by molar-refractivity contribution is 0.281. The fourth-order valence-electron chi connectivity index (χ4n) is 1.58. The van der Waals surface area contributed by atoms with Crippen molar-refractivity contribution in [2.75, 3.05) is 0 Å². The van der Waals surface area contributed by atoms with Crippen molar-refractivity contribution < 1.29 is 14.2 Å². The molecular formula is C14H13FO2. The molecule has 0 atom stereocenters. The third kappa shape index (κ3) is 2.82. The first-order chi connectivity index (χ1) is 8.19. The molecule has 0 bridgehead atoms. The summed E-state index contributed by atoms with van der Waals surface area (Å²) in [5.41, 5.74) is 1.80. The standard InChI is InChI=1S/C14H13FO2/c1-10-7-14(6-5-11(10)9-16)17-13-4-2-3-12(15)8-13/h2-8,16H,9H2,1H3. The zero-order valence-electron chi connectivity index (χ0n) is 9.48. The fraction of sp³-hybridized carbons (Fsp3) is 0.143. The maximum atomic E-state index is 13.0. The largest absolute Gasteiger partial charge is 0.457 e. The molecule has 0 aliphatic carbocycles. The minimum absolute atomic E-state index is 0.00603. The monoisotopic (exact) mass is 232 g/mol. The van der Waals surface area contributed by atoms with Gasteiger partial charge in [-0.3, -0.25) is 0 Å². The van der Waals surface area contributed by atoms with E-state index in [1.165, 1.54) is 12.1 Å². The number of hydrogen-bond acceptors (Lipinski definition) is 2. The van der Waals surface area contributed by atoms with Crippen LogP contribution in [0, 0.1) is 12.7 Å². The van der Waals surface area contributed by atoms with Crippen molar-refractivity contribution in [1.29, 1.82) is 0 Å². The quantitative estimate of drug-likeness (QED) is 0.878. The van der Waals surface area contributed by atoms with Crippen LogP contribution in [-0.2, 0) is 6.61 Å². The van der Waals surface area contributed by atoms with E-state index >= 15 is 0 Å². The van der Waals surface area contributed by atoms with Gasteiger partial charge in [-0.05, 0) is 42.3 Å². The molecule has 2 aromatic rings. The van der Waals surface area contributed by atoms with Gasteiger partial charge in [0, 0.05) is 6.07 Å². The Morgan fingerprint density at radius 2 is 1.88 bits per heavy atom. The Morgan fingerprint density at radius 3 is 2.53 bits per heavy atom. The van der Waals surface area contributed by atoms with Gasteiger partial charge in [0.15, 0.2) is 0 Å². The lowest BCUT2D eigenvalue weighted by Crippen LogP contribution is -1.90. The van der Waals surface area contributed by atoms with Crippen LogP contribution in [0.3, 0.4) is 0 Å². The molecule has 0 saturated carbocycles. The Morgan fingerprint density at radius 1 is 1.12 bits per heavy atom. The number of ether oxygens (including phenoxy) is 1. The summed E-state index contributed by atoms with van der Waals surface area (Å²) in [5, 5.41) is 9.05. The normalized spacial score (nSPS) is 10.3. The van der Waals surface area contributed by atoms with Crippen LogP contribution in [0.2, 0.25) is 0 Å². The zero-order chi connectivity index (χ0) is 12.3. The van der Waals surface area contributed by atoms with Crippen molar-refractivity contribution in [3.05, 3.63) is 59.4 Å². The van der Waals surface area contributed by atoms with E-state index < -0.39 is 0 Å². The number of aryl methyl sites for hydroxylation is 1. The molecule has 17 heavy (non-hydrogen) atoms. The zero-order valence-corrected chi connectivity index (χ0v) is 9.48. The molecule has 2 nitrogen and oxygen atoms in total. The molecule has 0 saturated heterocycles. The highest BCUT2D eigenvalue weighted by Gasteiger charge is 2.02. The molecule has 0 amide bonds. The van der Waals surface area contributed by atoms with Crippen LogP contribution in [-0.4, -0.2) is 5.11 Å². The minimum Gasteiger partial charge on any atom is -0.457 e. The number of hydrogen-bond donors (Lipinski definition) is 1. The number of aliphatic hydroxyl groups excluding tert-OH is 1. The minimum atomic E-state index is -0.328. The molecule has 0 heterocycles. The molecule has 0 spiro atoms. The second-order valence-corrected chi connectivity index (χ2v) is 3.81. The summed E-state index contributed by atoms with van der Waals surface area (Å²) in [6.45, 7) is 1.90. The molecule has 2 aromatic carbocycles. The van der Waals surface area contributed by atoms with Gasteiger partial charge < -0.3 is 9.84 Å². The van der Waals surface area contributed by atoms with Crippen LogP contribution in [0.1, 0.15) is 11.1 Å². The van der Waals surface area contributed by atoms with Crippen molar-refractivity contribution in [3.63, 3.8) is 0 Å². The summed E-state index contributed by atoms with van der Waals surface area (Å²) in [4.78, 5) is 0. The molecule has 2 rings (SSSR count). The number of aliphatic hydroxyl groups is 1. The highest BCUT2D eigenvalue weighted by atomic mass is 19.1. The molecule has 0 aliphatic heterocycles. The molecule has 0 aliphatic rings. The summed E-state index contributed by atoms with van der Waals surface area (Å²) in [6.07, 6.45) is 0. The second kappa shape index (κ2) is 4.97. The Balaban J connectivity index is 2.22. The van der Waals surface area contributed by atoms with Gasteiger partial charge in [0.05, 0.1) is 6.61 Å². The van der Waals surface area contributed by atoms with Crippen LogP contribution in [0.15, 0.2) is 42.5 Å². The first-order valence-electron chi connectivity index (χ1n) is 5.33. The molecule has 0 fully saturated rings. The second-order valence-electron chi connectivity index (χ2n) is 3.81. The molecular weight excluding hydrogens is 219 g/mol. The topological polar surface area (TPSA) is 29.5 Å². The molecule has 1 N–H and O–H groups in total. The van der Waals surface area contributed by atoms with E-state index in [4.69, 9.17) is 9.84 Å². The van der Waals surface area contributed by atoms with Crippen LogP contribution < -0.4 is 4.74 Å². The average Bonchev–Trinajstić information content (AvgIpc) is 2.29. The Bertz CT molecular complexity index is 523. The predicted octanol–water partition coefficient (Wildman–Crippen LogP) is 3.42. The first kappa shape index (κ1) is 11.6. The highest BCUT2D eigenvalue weighted by Crippen LogP contribution is 2.24. The molecule has 3 heteroatoms. The van der Waals surface area contributed by atoms with Gasteiger partial charge in [-0.15, -0.1) is 0 Å². The number of benzene rings is 2. The lowest BCUT2D eigenvalue weighted by atomic mass is 10.1. The van der Waals surface area contributed by atoms with Crippen LogP contribution in [0.4, 0.5) is 4.39 Å². The van der Waals surface area contributed by atoms with Gasteiger partial charge in [-0.1, -0.05) is 12.1 Å². The smallest absolute Gasteiger partial charge is 0.130 e. The number of halogens is 1. The van der Waals surface area contributed by atoms with Gasteiger partial charge >= 0.3 is 0 Å². The van der Waals surface area contributed by atoms with Gasteiger partial charge in [-0.2, -0.15) is 0 Å². The Labute approximate surface area is 99.3 Å². The van der Waals surface area contributed by atoms with Gasteiger partial charge in [0.25, 0.3) is 0 Å². The third-order valence-electron chi connectivity index (χ3n) is 2.52. The Kier molecular flexibility index (Phi) is 3.40. The van der Waals surface area contributed by atoms with Gasteiger partial charge in [0.2, 0.25) is 0 Å². The predicted molar refractivity (Wildman–Crippen MR) is 63.6 cm³/mol. The van der Waals surface area contributed by atoms with Crippen molar-refractivity contribution in [2.45, 2.75) is 13.5 Å². The van der Waals surface area contributed by atoms with Crippen LogP contribution in [0.5, 0.6) is 11.5 Å². The van der Waals surface area contributed by atoms with E-state index in [-0.39, 0.29) is 12.4 Å². The highest BCUT2D eigenvalue weighted by molar-refractivity contribution is 5.37. The van der Waals surface area contributed by atoms with E-state index in [1.807, 2.05) is 13.0 Å². The molecule has 0 unspecified atom stereocenters. The SMILES string of the molecule is Cc1cc(Oc2cccc(F)c2)ccc1CO. The summed E-state index contributed by atoms with van der Waals surface area (Å²) in [5.74, 6) is 0.762. The van der Waals surface area contributed by atoms with E-state index in [1.54, 1.807) is 24.3 Å². The summed E-state index contributed by atoms with van der Waals surface area (Å²) in [7, 11) is 0. The van der Waals surface area contributed by atoms with Crippen molar-refractivity contribution >= 4 is 0 Å². The molecule has 0 radical (unpaired) electrons. The summed E-state index contributed by atoms with van der Waals surface area (Å²) >= 11 is 0. The van der Waals surface area contributed by atoms with E-state index in [9.17, 15) is 4.39 Å². The van der Waals surface area contributed by atoms with E-state index in [0.717, 1.165) is 11.1 Å². The van der Waals surface area contributed by atoms with Crippen molar-refractivity contribution in [3.8, 4) is 11.5 Å². The van der Waals surface area contributed by atoms with Gasteiger partial charge in [-0.25, -0.2) is 4.39 Å². The summed E-state index contributed by atoms with van der Waals surface area (Å²) < 4.78 is 18.5. The third-order valence-corrected chi connectivity index (χ3v) is 2.52. The van der Waals surface area contributed by atoms with E-state index in [0.29, 0.717) is 11.5 Å².